The fourth-order valence-electron chi connectivity index (χ4n) is 2.55. The van der Waals surface area contributed by atoms with E-state index in [1.54, 1.807) is 6.20 Å². The Kier molecular flexibility index (Phi) is 6.55. The van der Waals surface area contributed by atoms with E-state index >= 15 is 0 Å². The molecule has 26 heavy (non-hydrogen) atoms. The van der Waals surface area contributed by atoms with Crippen molar-refractivity contribution in [1.29, 1.82) is 0 Å². The molecule has 140 valence electrons. The Morgan fingerprint density at radius 3 is 2.46 bits per heavy atom. The van der Waals surface area contributed by atoms with Crippen LogP contribution in [0.2, 0.25) is 0 Å². The molecule has 0 saturated heterocycles. The second kappa shape index (κ2) is 8.65. The minimum Gasteiger partial charge on any atom is -0.356 e. The first-order valence-corrected chi connectivity index (χ1v) is 8.89. The van der Waals surface area contributed by atoms with Gasteiger partial charge in [-0.2, -0.15) is 0 Å². The standard InChI is InChI=1S/C20H28N4O2/c1-20(2,3)19(26)22-12-8-11-16(25)23-17(15-9-6-5-7-10-15)18-21-13-14-24(18)4/h5-7,9-10,13-14,17H,8,11-12H2,1-4H3,(H,22,26)(H,23,25). The van der Waals surface area contributed by atoms with Gasteiger partial charge in [0.2, 0.25) is 11.8 Å². The zero-order valence-electron chi connectivity index (χ0n) is 16.0. The zero-order chi connectivity index (χ0) is 19.2. The number of nitrogens with zero attached hydrogens (tertiary/aromatic N) is 2. The molecule has 0 spiro atoms. The summed E-state index contributed by atoms with van der Waals surface area (Å²) in [5, 5.41) is 5.92. The highest BCUT2D eigenvalue weighted by molar-refractivity contribution is 5.81. The number of carbonyl (C=O) groups is 2. The van der Waals surface area contributed by atoms with Gasteiger partial charge in [0.1, 0.15) is 11.9 Å². The topological polar surface area (TPSA) is 76.0 Å². The SMILES string of the molecule is Cn1ccnc1C(NC(=O)CCCNC(=O)C(C)(C)C)c1ccccc1. The Labute approximate surface area is 155 Å². The van der Waals surface area contributed by atoms with E-state index in [0.29, 0.717) is 19.4 Å². The second-order valence-corrected chi connectivity index (χ2v) is 7.42. The van der Waals surface area contributed by atoms with Crippen molar-refractivity contribution in [1.82, 2.24) is 20.2 Å². The molecule has 2 aromatic rings. The summed E-state index contributed by atoms with van der Waals surface area (Å²) >= 11 is 0. The molecule has 6 heteroatoms. The van der Waals surface area contributed by atoms with Crippen molar-refractivity contribution in [2.75, 3.05) is 6.54 Å². The molecular weight excluding hydrogens is 328 g/mol. The Bertz CT molecular complexity index is 732. The number of aromatic nitrogens is 2. The van der Waals surface area contributed by atoms with Gasteiger partial charge in [0.05, 0.1) is 0 Å². The van der Waals surface area contributed by atoms with E-state index in [1.165, 1.54) is 0 Å². The molecule has 0 aliphatic rings. The van der Waals surface area contributed by atoms with Crippen molar-refractivity contribution in [2.24, 2.45) is 12.5 Å². The molecule has 0 bridgehead atoms. The van der Waals surface area contributed by atoms with Crippen molar-refractivity contribution in [2.45, 2.75) is 39.7 Å². The number of amides is 2. The number of rotatable bonds is 7. The molecule has 1 atom stereocenters. The van der Waals surface area contributed by atoms with Gasteiger partial charge in [-0.05, 0) is 12.0 Å². The Morgan fingerprint density at radius 1 is 1.19 bits per heavy atom. The lowest BCUT2D eigenvalue weighted by Gasteiger charge is -2.20. The lowest BCUT2D eigenvalue weighted by Crippen LogP contribution is -2.36. The number of aryl methyl sites for hydroxylation is 1. The Morgan fingerprint density at radius 2 is 1.88 bits per heavy atom. The van der Waals surface area contributed by atoms with Crippen LogP contribution in [0, 0.1) is 5.41 Å². The normalized spacial score (nSPS) is 12.5. The number of nitrogens with one attached hydrogen (secondary N) is 2. The van der Waals surface area contributed by atoms with E-state index in [0.717, 1.165) is 11.4 Å². The van der Waals surface area contributed by atoms with Crippen molar-refractivity contribution < 1.29 is 9.59 Å². The highest BCUT2D eigenvalue weighted by Crippen LogP contribution is 2.20. The van der Waals surface area contributed by atoms with Crippen molar-refractivity contribution in [3.63, 3.8) is 0 Å². The predicted molar refractivity (Wildman–Crippen MR) is 101 cm³/mol. The molecule has 0 fully saturated rings. The summed E-state index contributed by atoms with van der Waals surface area (Å²) in [6, 6.07) is 9.48. The highest BCUT2D eigenvalue weighted by Gasteiger charge is 2.22. The highest BCUT2D eigenvalue weighted by atomic mass is 16.2. The van der Waals surface area contributed by atoms with Gasteiger partial charge in [-0.15, -0.1) is 0 Å². The third kappa shape index (κ3) is 5.44. The van der Waals surface area contributed by atoms with Crippen LogP contribution in [-0.4, -0.2) is 27.9 Å². The smallest absolute Gasteiger partial charge is 0.225 e. The molecule has 0 aliphatic carbocycles. The molecule has 1 aromatic carbocycles. The molecule has 1 aromatic heterocycles. The monoisotopic (exact) mass is 356 g/mol. The van der Waals surface area contributed by atoms with Crippen LogP contribution in [0.15, 0.2) is 42.7 Å². The Hall–Kier alpha value is -2.63. The molecule has 2 amide bonds. The summed E-state index contributed by atoms with van der Waals surface area (Å²) in [5.41, 5.74) is 0.565. The summed E-state index contributed by atoms with van der Waals surface area (Å²) in [6.45, 7) is 6.09. The summed E-state index contributed by atoms with van der Waals surface area (Å²) in [4.78, 5) is 28.6. The van der Waals surface area contributed by atoms with E-state index in [4.69, 9.17) is 0 Å². The summed E-state index contributed by atoms with van der Waals surface area (Å²) < 4.78 is 1.90. The van der Waals surface area contributed by atoms with Crippen molar-refractivity contribution in [3.05, 3.63) is 54.1 Å². The number of hydrogen-bond donors (Lipinski definition) is 2. The zero-order valence-corrected chi connectivity index (χ0v) is 16.0. The van der Waals surface area contributed by atoms with Crippen LogP contribution < -0.4 is 10.6 Å². The predicted octanol–water partition coefficient (Wildman–Crippen LogP) is 2.57. The van der Waals surface area contributed by atoms with E-state index in [9.17, 15) is 9.59 Å². The first-order valence-electron chi connectivity index (χ1n) is 8.89. The van der Waals surface area contributed by atoms with Gasteiger partial charge in [-0.1, -0.05) is 51.1 Å². The fourth-order valence-corrected chi connectivity index (χ4v) is 2.55. The van der Waals surface area contributed by atoms with Crippen LogP contribution in [0.1, 0.15) is 51.0 Å². The van der Waals surface area contributed by atoms with Crippen LogP contribution in [0.25, 0.3) is 0 Å². The van der Waals surface area contributed by atoms with Crippen LogP contribution >= 0.6 is 0 Å². The molecule has 0 saturated carbocycles. The minimum atomic E-state index is -0.418. The largest absolute Gasteiger partial charge is 0.356 e. The lowest BCUT2D eigenvalue weighted by atomic mass is 9.96. The average molecular weight is 356 g/mol. The van der Waals surface area contributed by atoms with E-state index < -0.39 is 5.41 Å². The second-order valence-electron chi connectivity index (χ2n) is 7.42. The Balaban J connectivity index is 1.93. The van der Waals surface area contributed by atoms with E-state index in [1.807, 2.05) is 68.9 Å². The molecule has 1 unspecified atom stereocenters. The first kappa shape index (κ1) is 19.7. The van der Waals surface area contributed by atoms with Gasteiger partial charge < -0.3 is 15.2 Å². The van der Waals surface area contributed by atoms with Gasteiger partial charge in [0.25, 0.3) is 0 Å². The number of imidazole rings is 1. The molecule has 0 radical (unpaired) electrons. The number of benzene rings is 1. The van der Waals surface area contributed by atoms with Crippen LogP contribution in [0.3, 0.4) is 0 Å². The van der Waals surface area contributed by atoms with Gasteiger partial charge in [-0.25, -0.2) is 4.98 Å². The van der Waals surface area contributed by atoms with Gasteiger partial charge in [-0.3, -0.25) is 9.59 Å². The molecule has 6 nitrogen and oxygen atoms in total. The fraction of sp³-hybridized carbons (Fsp3) is 0.450. The maximum atomic E-state index is 12.4. The third-order valence-corrected chi connectivity index (χ3v) is 4.10. The number of hydrogen-bond acceptors (Lipinski definition) is 3. The summed E-state index contributed by atoms with van der Waals surface area (Å²) in [5.74, 6) is 0.713. The quantitative estimate of drug-likeness (QED) is 0.749. The molecule has 1 heterocycles. The van der Waals surface area contributed by atoms with Crippen LogP contribution in [-0.2, 0) is 16.6 Å². The third-order valence-electron chi connectivity index (χ3n) is 4.10. The lowest BCUT2D eigenvalue weighted by molar-refractivity contribution is -0.128. The molecule has 0 aliphatic heterocycles. The van der Waals surface area contributed by atoms with Gasteiger partial charge >= 0.3 is 0 Å². The molecule has 2 N–H and O–H groups in total. The van der Waals surface area contributed by atoms with Crippen molar-refractivity contribution >= 4 is 11.8 Å². The summed E-state index contributed by atoms with van der Waals surface area (Å²) in [6.07, 6.45) is 4.52. The van der Waals surface area contributed by atoms with Crippen LogP contribution in [0.5, 0.6) is 0 Å². The van der Waals surface area contributed by atoms with E-state index in [-0.39, 0.29) is 17.9 Å². The number of carbonyl (C=O) groups excluding carboxylic acids is 2. The average Bonchev–Trinajstić information content (AvgIpc) is 3.02. The molecule has 2 rings (SSSR count). The van der Waals surface area contributed by atoms with Crippen molar-refractivity contribution in [3.8, 4) is 0 Å². The van der Waals surface area contributed by atoms with Crippen LogP contribution in [0.4, 0.5) is 0 Å². The maximum absolute atomic E-state index is 12.4. The maximum Gasteiger partial charge on any atom is 0.225 e. The van der Waals surface area contributed by atoms with Gasteiger partial charge in [0.15, 0.2) is 0 Å². The molecular formula is C20H28N4O2. The van der Waals surface area contributed by atoms with E-state index in [2.05, 4.69) is 15.6 Å². The minimum absolute atomic E-state index is 0.00641. The first-order chi connectivity index (χ1) is 12.3. The van der Waals surface area contributed by atoms with Gasteiger partial charge in [0, 0.05) is 37.8 Å². The summed E-state index contributed by atoms with van der Waals surface area (Å²) in [7, 11) is 1.91.